The molecule has 0 fully saturated rings. The van der Waals surface area contributed by atoms with Gasteiger partial charge in [0.1, 0.15) is 0 Å². The van der Waals surface area contributed by atoms with Crippen LogP contribution in [0.4, 0.5) is 0 Å². The van der Waals surface area contributed by atoms with Gasteiger partial charge in [-0.25, -0.2) is 0 Å². The maximum Gasteiger partial charge on any atom is 0.222 e. The van der Waals surface area contributed by atoms with Crippen molar-refractivity contribution in [2.24, 2.45) is 0 Å². The van der Waals surface area contributed by atoms with Gasteiger partial charge in [0.15, 0.2) is 0 Å². The number of hydrogen-bond acceptors (Lipinski definition) is 2. The Labute approximate surface area is 97.1 Å². The summed E-state index contributed by atoms with van der Waals surface area (Å²) in [7, 11) is 1.85. The van der Waals surface area contributed by atoms with Crippen molar-refractivity contribution < 1.29 is 4.79 Å². The maximum absolute atomic E-state index is 11.5. The van der Waals surface area contributed by atoms with Crippen LogP contribution in [0.5, 0.6) is 0 Å². The SMILES string of the molecule is CCCC(=O)N(C)Cc1csc(Br)c1. The molecule has 78 valence electrons. The van der Waals surface area contributed by atoms with Crippen molar-refractivity contribution in [3.05, 3.63) is 20.8 Å². The van der Waals surface area contributed by atoms with E-state index in [-0.39, 0.29) is 5.91 Å². The van der Waals surface area contributed by atoms with E-state index in [0.717, 1.165) is 10.2 Å². The third-order valence-electron chi connectivity index (χ3n) is 1.93. The molecule has 0 aliphatic carbocycles. The van der Waals surface area contributed by atoms with E-state index in [4.69, 9.17) is 0 Å². The van der Waals surface area contributed by atoms with Crippen molar-refractivity contribution in [3.63, 3.8) is 0 Å². The zero-order chi connectivity index (χ0) is 10.6. The molecule has 4 heteroatoms. The summed E-state index contributed by atoms with van der Waals surface area (Å²) in [6.45, 7) is 2.73. The number of rotatable bonds is 4. The van der Waals surface area contributed by atoms with Gasteiger partial charge in [-0.3, -0.25) is 4.79 Å². The van der Waals surface area contributed by atoms with Gasteiger partial charge in [-0.2, -0.15) is 0 Å². The Balaban J connectivity index is 2.48. The van der Waals surface area contributed by atoms with E-state index >= 15 is 0 Å². The Kier molecular flexibility index (Phi) is 4.62. The standard InChI is InChI=1S/C10H14BrNOS/c1-3-4-10(13)12(2)6-8-5-9(11)14-7-8/h5,7H,3-4,6H2,1-2H3. The average molecular weight is 276 g/mol. The minimum Gasteiger partial charge on any atom is -0.341 e. The highest BCUT2D eigenvalue weighted by Gasteiger charge is 2.08. The van der Waals surface area contributed by atoms with Crippen LogP contribution in [0.25, 0.3) is 0 Å². The van der Waals surface area contributed by atoms with E-state index in [1.807, 2.05) is 14.0 Å². The first kappa shape index (κ1) is 11.7. The van der Waals surface area contributed by atoms with Crippen LogP contribution < -0.4 is 0 Å². The largest absolute Gasteiger partial charge is 0.341 e. The third kappa shape index (κ3) is 3.42. The van der Waals surface area contributed by atoms with E-state index < -0.39 is 0 Å². The van der Waals surface area contributed by atoms with Crippen molar-refractivity contribution in [2.45, 2.75) is 26.3 Å². The average Bonchev–Trinajstić information content (AvgIpc) is 2.51. The number of halogens is 1. The fourth-order valence-corrected chi connectivity index (χ4v) is 2.40. The highest BCUT2D eigenvalue weighted by molar-refractivity contribution is 9.11. The van der Waals surface area contributed by atoms with Gasteiger partial charge in [0.2, 0.25) is 5.91 Å². The third-order valence-corrected chi connectivity index (χ3v) is 3.48. The molecule has 1 rings (SSSR count). The minimum atomic E-state index is 0.217. The van der Waals surface area contributed by atoms with Crippen molar-refractivity contribution in [3.8, 4) is 0 Å². The van der Waals surface area contributed by atoms with Gasteiger partial charge in [-0.1, -0.05) is 6.92 Å². The minimum absolute atomic E-state index is 0.217. The van der Waals surface area contributed by atoms with Crippen LogP contribution in [-0.4, -0.2) is 17.9 Å². The highest BCUT2D eigenvalue weighted by atomic mass is 79.9. The second-order valence-corrected chi connectivity index (χ2v) is 5.55. The predicted octanol–water partition coefficient (Wildman–Crippen LogP) is 3.27. The van der Waals surface area contributed by atoms with Crippen LogP contribution in [0.3, 0.4) is 0 Å². The molecule has 1 heterocycles. The van der Waals surface area contributed by atoms with Gasteiger partial charge in [-0.05, 0) is 39.4 Å². The van der Waals surface area contributed by atoms with Gasteiger partial charge in [0.05, 0.1) is 3.79 Å². The van der Waals surface area contributed by atoms with Gasteiger partial charge in [0.25, 0.3) is 0 Å². The van der Waals surface area contributed by atoms with Crippen LogP contribution in [0.2, 0.25) is 0 Å². The molecule has 0 atom stereocenters. The van der Waals surface area contributed by atoms with E-state index in [2.05, 4.69) is 27.4 Å². The second kappa shape index (κ2) is 5.51. The van der Waals surface area contributed by atoms with Crippen molar-refractivity contribution in [1.29, 1.82) is 0 Å². The summed E-state index contributed by atoms with van der Waals surface area (Å²) in [4.78, 5) is 13.2. The predicted molar refractivity (Wildman–Crippen MR) is 63.4 cm³/mol. The maximum atomic E-state index is 11.5. The summed E-state index contributed by atoms with van der Waals surface area (Å²) < 4.78 is 1.11. The zero-order valence-electron chi connectivity index (χ0n) is 8.42. The molecule has 2 nitrogen and oxygen atoms in total. The Bertz CT molecular complexity index is 311. The van der Waals surface area contributed by atoms with Crippen LogP contribution in [-0.2, 0) is 11.3 Å². The molecule has 1 aromatic heterocycles. The number of carbonyl (C=O) groups is 1. The van der Waals surface area contributed by atoms with Crippen molar-refractivity contribution in [1.82, 2.24) is 4.90 Å². The molecule has 0 saturated carbocycles. The molecule has 0 aliphatic heterocycles. The summed E-state index contributed by atoms with van der Waals surface area (Å²) in [5.41, 5.74) is 1.19. The lowest BCUT2D eigenvalue weighted by Crippen LogP contribution is -2.25. The van der Waals surface area contributed by atoms with Crippen LogP contribution in [0.1, 0.15) is 25.3 Å². The lowest BCUT2D eigenvalue weighted by atomic mass is 10.2. The number of amides is 1. The Morgan fingerprint density at radius 3 is 2.86 bits per heavy atom. The molecule has 1 amide bonds. The molecule has 1 aromatic rings. The smallest absolute Gasteiger partial charge is 0.222 e. The van der Waals surface area contributed by atoms with E-state index in [0.29, 0.717) is 13.0 Å². The molecule has 14 heavy (non-hydrogen) atoms. The summed E-state index contributed by atoms with van der Waals surface area (Å²) >= 11 is 5.06. The molecule has 0 N–H and O–H groups in total. The molecule has 0 spiro atoms. The molecule has 0 radical (unpaired) electrons. The topological polar surface area (TPSA) is 20.3 Å². The van der Waals surface area contributed by atoms with Crippen LogP contribution in [0, 0.1) is 0 Å². The highest BCUT2D eigenvalue weighted by Crippen LogP contribution is 2.21. The van der Waals surface area contributed by atoms with Crippen LogP contribution >= 0.6 is 27.3 Å². The summed E-state index contributed by atoms with van der Waals surface area (Å²) in [5.74, 6) is 0.217. The normalized spacial score (nSPS) is 10.2. The molecule has 0 saturated heterocycles. The number of hydrogen-bond donors (Lipinski definition) is 0. The fraction of sp³-hybridized carbons (Fsp3) is 0.500. The summed E-state index contributed by atoms with van der Waals surface area (Å²) in [6, 6.07) is 2.06. The summed E-state index contributed by atoms with van der Waals surface area (Å²) in [5, 5.41) is 2.07. The van der Waals surface area contributed by atoms with E-state index in [1.54, 1.807) is 16.2 Å². The Hall–Kier alpha value is -0.350. The first-order valence-corrected chi connectivity index (χ1v) is 6.27. The second-order valence-electron chi connectivity index (χ2n) is 3.26. The molecular formula is C10H14BrNOS. The first-order chi connectivity index (χ1) is 6.63. The molecule has 0 unspecified atom stereocenters. The van der Waals surface area contributed by atoms with Crippen molar-refractivity contribution >= 4 is 33.2 Å². The van der Waals surface area contributed by atoms with Crippen molar-refractivity contribution in [2.75, 3.05) is 7.05 Å². The lowest BCUT2D eigenvalue weighted by molar-refractivity contribution is -0.130. The van der Waals surface area contributed by atoms with Gasteiger partial charge in [0, 0.05) is 20.0 Å². The van der Waals surface area contributed by atoms with Gasteiger partial charge < -0.3 is 4.90 Å². The fourth-order valence-electron chi connectivity index (χ4n) is 1.20. The molecule has 0 aromatic carbocycles. The molecule has 0 bridgehead atoms. The van der Waals surface area contributed by atoms with E-state index in [9.17, 15) is 4.79 Å². The van der Waals surface area contributed by atoms with Gasteiger partial charge in [-0.15, -0.1) is 11.3 Å². The first-order valence-electron chi connectivity index (χ1n) is 4.60. The monoisotopic (exact) mass is 275 g/mol. The lowest BCUT2D eigenvalue weighted by Gasteiger charge is -2.15. The zero-order valence-corrected chi connectivity index (χ0v) is 10.8. The molecule has 0 aliphatic rings. The number of thiophene rings is 1. The number of nitrogens with zero attached hydrogens (tertiary/aromatic N) is 1. The summed E-state index contributed by atoms with van der Waals surface area (Å²) in [6.07, 6.45) is 1.55. The van der Waals surface area contributed by atoms with Crippen LogP contribution in [0.15, 0.2) is 15.2 Å². The van der Waals surface area contributed by atoms with Gasteiger partial charge >= 0.3 is 0 Å². The van der Waals surface area contributed by atoms with E-state index in [1.165, 1.54) is 5.56 Å². The molecular weight excluding hydrogens is 262 g/mol. The Morgan fingerprint density at radius 1 is 1.64 bits per heavy atom. The Morgan fingerprint density at radius 2 is 2.36 bits per heavy atom. The number of carbonyl (C=O) groups excluding carboxylic acids is 1. The quantitative estimate of drug-likeness (QED) is 0.826.